The van der Waals surface area contributed by atoms with Gasteiger partial charge in [-0.25, -0.2) is 4.79 Å². The molecule has 3 rings (SSSR count). The van der Waals surface area contributed by atoms with E-state index in [0.717, 1.165) is 11.1 Å². The van der Waals surface area contributed by atoms with Gasteiger partial charge in [0.2, 0.25) is 0 Å². The summed E-state index contributed by atoms with van der Waals surface area (Å²) in [6.45, 7) is 4.03. The number of para-hydroxylation sites is 1. The van der Waals surface area contributed by atoms with Crippen LogP contribution in [0, 0.1) is 13.8 Å². The van der Waals surface area contributed by atoms with Gasteiger partial charge in [0.15, 0.2) is 11.5 Å². The van der Waals surface area contributed by atoms with Gasteiger partial charge in [0, 0.05) is 11.6 Å². The molecule has 0 bridgehead atoms. The van der Waals surface area contributed by atoms with Gasteiger partial charge in [0.1, 0.15) is 0 Å². The van der Waals surface area contributed by atoms with Crippen LogP contribution in [0.1, 0.15) is 32.0 Å². The summed E-state index contributed by atoms with van der Waals surface area (Å²) in [6, 6.07) is 14.0. The monoisotopic (exact) mass is 350 g/mol. The van der Waals surface area contributed by atoms with Gasteiger partial charge in [0.25, 0.3) is 5.91 Å². The van der Waals surface area contributed by atoms with Crippen LogP contribution in [0.4, 0.5) is 5.69 Å². The number of benzene rings is 2. The smallest absolute Gasteiger partial charge is 0.339 e. The first-order valence-corrected chi connectivity index (χ1v) is 8.02. The zero-order valence-electron chi connectivity index (χ0n) is 14.7. The highest BCUT2D eigenvalue weighted by molar-refractivity contribution is 6.07. The number of esters is 1. The van der Waals surface area contributed by atoms with Crippen molar-refractivity contribution in [2.45, 2.75) is 13.8 Å². The van der Waals surface area contributed by atoms with Gasteiger partial charge < -0.3 is 14.6 Å². The lowest BCUT2D eigenvalue weighted by Gasteiger charge is -2.07. The van der Waals surface area contributed by atoms with Gasteiger partial charge in [-0.15, -0.1) is 0 Å². The molecule has 6 nitrogen and oxygen atoms in total. The van der Waals surface area contributed by atoms with Gasteiger partial charge in [-0.1, -0.05) is 29.4 Å². The standard InChI is InChI=1S/C20H18N2O4/c1-12-8-9-14(10-13(12)2)18-11-17(22-26-18)19(23)21-16-7-5-4-6-15(16)20(24)25-3/h4-11H,1-3H3,(H,21,23). The van der Waals surface area contributed by atoms with Crippen molar-refractivity contribution < 1.29 is 18.8 Å². The summed E-state index contributed by atoms with van der Waals surface area (Å²) < 4.78 is 10.0. The third-order valence-corrected chi connectivity index (χ3v) is 4.11. The van der Waals surface area contributed by atoms with E-state index in [-0.39, 0.29) is 11.3 Å². The van der Waals surface area contributed by atoms with E-state index in [2.05, 4.69) is 10.5 Å². The highest BCUT2D eigenvalue weighted by atomic mass is 16.5. The summed E-state index contributed by atoms with van der Waals surface area (Å²) in [4.78, 5) is 24.3. The van der Waals surface area contributed by atoms with E-state index in [4.69, 9.17) is 9.26 Å². The van der Waals surface area contributed by atoms with E-state index in [0.29, 0.717) is 11.4 Å². The molecule has 0 saturated heterocycles. The zero-order valence-corrected chi connectivity index (χ0v) is 14.7. The van der Waals surface area contributed by atoms with Crippen molar-refractivity contribution in [2.24, 2.45) is 0 Å². The number of aryl methyl sites for hydroxylation is 2. The molecule has 0 atom stereocenters. The van der Waals surface area contributed by atoms with Crippen LogP contribution >= 0.6 is 0 Å². The fraction of sp³-hybridized carbons (Fsp3) is 0.150. The number of methoxy groups -OCH3 is 1. The number of carbonyl (C=O) groups excluding carboxylic acids is 2. The second-order valence-corrected chi connectivity index (χ2v) is 5.87. The van der Waals surface area contributed by atoms with E-state index in [1.165, 1.54) is 12.7 Å². The van der Waals surface area contributed by atoms with Crippen molar-refractivity contribution in [1.29, 1.82) is 0 Å². The van der Waals surface area contributed by atoms with Gasteiger partial charge in [-0.3, -0.25) is 4.79 Å². The average Bonchev–Trinajstić information content (AvgIpc) is 3.14. The Morgan fingerprint density at radius 1 is 1.04 bits per heavy atom. The Morgan fingerprint density at radius 3 is 2.54 bits per heavy atom. The number of anilines is 1. The van der Waals surface area contributed by atoms with Crippen LogP contribution < -0.4 is 5.32 Å². The van der Waals surface area contributed by atoms with Crippen molar-refractivity contribution in [3.05, 3.63) is 70.9 Å². The van der Waals surface area contributed by atoms with Gasteiger partial charge in [-0.05, 0) is 43.2 Å². The van der Waals surface area contributed by atoms with Crippen LogP contribution in [-0.2, 0) is 4.74 Å². The summed E-state index contributed by atoms with van der Waals surface area (Å²) in [7, 11) is 1.29. The number of hydrogen-bond donors (Lipinski definition) is 1. The molecule has 0 saturated carbocycles. The minimum Gasteiger partial charge on any atom is -0.465 e. The third kappa shape index (κ3) is 3.49. The Kier molecular flexibility index (Phi) is 4.84. The molecule has 6 heteroatoms. The van der Waals surface area contributed by atoms with Crippen LogP contribution in [-0.4, -0.2) is 24.1 Å². The number of ether oxygens (including phenoxy) is 1. The Hall–Kier alpha value is -3.41. The quantitative estimate of drug-likeness (QED) is 0.719. The number of aromatic nitrogens is 1. The second kappa shape index (κ2) is 7.23. The molecule has 0 aliphatic heterocycles. The summed E-state index contributed by atoms with van der Waals surface area (Å²) in [5.41, 5.74) is 3.87. The van der Waals surface area contributed by atoms with E-state index in [1.54, 1.807) is 30.3 Å². The molecule has 26 heavy (non-hydrogen) atoms. The normalized spacial score (nSPS) is 10.4. The van der Waals surface area contributed by atoms with Crippen LogP contribution in [0.25, 0.3) is 11.3 Å². The van der Waals surface area contributed by atoms with Gasteiger partial charge in [0.05, 0.1) is 18.4 Å². The lowest BCUT2D eigenvalue weighted by Crippen LogP contribution is -2.15. The first kappa shape index (κ1) is 17.4. The summed E-state index contributed by atoms with van der Waals surface area (Å²) in [5, 5.41) is 6.50. The van der Waals surface area contributed by atoms with Crippen molar-refractivity contribution in [1.82, 2.24) is 5.16 Å². The van der Waals surface area contributed by atoms with Crippen LogP contribution in [0.15, 0.2) is 53.1 Å². The molecular formula is C20H18N2O4. The van der Waals surface area contributed by atoms with Crippen LogP contribution in [0.3, 0.4) is 0 Å². The molecule has 1 N–H and O–H groups in total. The summed E-state index contributed by atoms with van der Waals surface area (Å²) >= 11 is 0. The molecule has 3 aromatic rings. The number of nitrogens with one attached hydrogen (secondary N) is 1. The van der Waals surface area contributed by atoms with Gasteiger partial charge in [-0.2, -0.15) is 0 Å². The molecule has 1 aromatic heterocycles. The summed E-state index contributed by atoms with van der Waals surface area (Å²) in [6.07, 6.45) is 0. The van der Waals surface area contributed by atoms with Crippen LogP contribution in [0.5, 0.6) is 0 Å². The lowest BCUT2D eigenvalue weighted by molar-refractivity contribution is 0.0602. The molecule has 1 amide bonds. The van der Waals surface area contributed by atoms with E-state index in [1.807, 2.05) is 32.0 Å². The third-order valence-electron chi connectivity index (χ3n) is 4.11. The minimum atomic E-state index is -0.531. The molecule has 2 aromatic carbocycles. The molecule has 132 valence electrons. The number of carbonyl (C=O) groups is 2. The molecule has 0 aliphatic carbocycles. The number of hydrogen-bond acceptors (Lipinski definition) is 5. The fourth-order valence-corrected chi connectivity index (χ4v) is 2.48. The predicted molar refractivity (Wildman–Crippen MR) is 97.1 cm³/mol. The number of amides is 1. The maximum atomic E-state index is 12.5. The van der Waals surface area contributed by atoms with Crippen LogP contribution in [0.2, 0.25) is 0 Å². The lowest BCUT2D eigenvalue weighted by atomic mass is 10.0. The Morgan fingerprint density at radius 2 is 1.81 bits per heavy atom. The Labute approximate surface area is 150 Å². The molecule has 1 heterocycles. The zero-order chi connectivity index (χ0) is 18.7. The maximum absolute atomic E-state index is 12.5. The predicted octanol–water partition coefficient (Wildman–Crippen LogP) is 4.00. The van der Waals surface area contributed by atoms with Crippen molar-refractivity contribution in [2.75, 3.05) is 12.4 Å². The molecule has 0 fully saturated rings. The molecule has 0 radical (unpaired) electrons. The highest BCUT2D eigenvalue weighted by Crippen LogP contribution is 2.24. The number of rotatable bonds is 4. The van der Waals surface area contributed by atoms with Crippen molar-refractivity contribution in [3.8, 4) is 11.3 Å². The average molecular weight is 350 g/mol. The topological polar surface area (TPSA) is 81.4 Å². The Bertz CT molecular complexity index is 975. The number of nitrogens with zero attached hydrogens (tertiary/aromatic N) is 1. The van der Waals surface area contributed by atoms with Crippen molar-refractivity contribution >= 4 is 17.6 Å². The van der Waals surface area contributed by atoms with E-state index >= 15 is 0 Å². The highest BCUT2D eigenvalue weighted by Gasteiger charge is 2.17. The summed E-state index contributed by atoms with van der Waals surface area (Å²) in [5.74, 6) is -0.503. The van der Waals surface area contributed by atoms with E-state index < -0.39 is 11.9 Å². The maximum Gasteiger partial charge on any atom is 0.339 e. The molecular weight excluding hydrogens is 332 g/mol. The molecule has 0 aliphatic rings. The first-order valence-electron chi connectivity index (χ1n) is 8.02. The second-order valence-electron chi connectivity index (χ2n) is 5.87. The first-order chi connectivity index (χ1) is 12.5. The van der Waals surface area contributed by atoms with Gasteiger partial charge >= 0.3 is 5.97 Å². The molecule has 0 unspecified atom stereocenters. The SMILES string of the molecule is COC(=O)c1ccccc1NC(=O)c1cc(-c2ccc(C)c(C)c2)on1. The Balaban J connectivity index is 1.83. The molecule has 0 spiro atoms. The van der Waals surface area contributed by atoms with Crippen molar-refractivity contribution in [3.63, 3.8) is 0 Å². The fourth-order valence-electron chi connectivity index (χ4n) is 2.48. The minimum absolute atomic E-state index is 0.123. The van der Waals surface area contributed by atoms with E-state index in [9.17, 15) is 9.59 Å². The largest absolute Gasteiger partial charge is 0.465 e.